The Morgan fingerprint density at radius 1 is 1.35 bits per heavy atom. The molecule has 1 heterocycles. The fraction of sp³-hybridized carbons (Fsp3) is 0.714. The molecule has 3 atom stereocenters. The maximum absolute atomic E-state index is 12.2. The highest BCUT2D eigenvalue weighted by Crippen LogP contribution is 2.19. The number of nitrogens with one attached hydrogen (secondary N) is 1. The first-order chi connectivity index (χ1) is 9.47. The number of rotatable bonds is 3. The monoisotopic (exact) mass is 281 g/mol. The van der Waals surface area contributed by atoms with Crippen LogP contribution in [0, 0.1) is 5.92 Å². The van der Waals surface area contributed by atoms with E-state index in [4.69, 9.17) is 5.11 Å². The van der Waals surface area contributed by atoms with Gasteiger partial charge in [0.15, 0.2) is 0 Å². The van der Waals surface area contributed by atoms with Gasteiger partial charge in [-0.1, -0.05) is 12.2 Å². The fourth-order valence-corrected chi connectivity index (χ4v) is 2.80. The van der Waals surface area contributed by atoms with Crippen molar-refractivity contribution in [1.82, 2.24) is 15.1 Å². The van der Waals surface area contributed by atoms with Gasteiger partial charge in [0.05, 0.1) is 12.0 Å². The van der Waals surface area contributed by atoms with Gasteiger partial charge in [0.2, 0.25) is 0 Å². The number of carboxylic acids is 1. The number of nitrogens with zero attached hydrogens (tertiary/aromatic N) is 2. The van der Waals surface area contributed by atoms with E-state index in [-0.39, 0.29) is 12.1 Å². The molecule has 2 rings (SSSR count). The molecule has 0 spiro atoms. The molecule has 3 unspecified atom stereocenters. The van der Waals surface area contributed by atoms with E-state index in [2.05, 4.69) is 10.2 Å². The largest absolute Gasteiger partial charge is 0.481 e. The first kappa shape index (κ1) is 14.8. The SMILES string of the molecule is CN(C)C1CCCN(C(=O)NC2C=CC(C(=O)O)C2)C1. The molecule has 1 aliphatic carbocycles. The van der Waals surface area contributed by atoms with Gasteiger partial charge in [-0.2, -0.15) is 0 Å². The third-order valence-electron chi connectivity index (χ3n) is 4.12. The summed E-state index contributed by atoms with van der Waals surface area (Å²) in [5, 5.41) is 11.8. The van der Waals surface area contributed by atoms with Gasteiger partial charge in [0, 0.05) is 19.1 Å². The molecule has 1 fully saturated rings. The Hall–Kier alpha value is -1.56. The quantitative estimate of drug-likeness (QED) is 0.749. The van der Waals surface area contributed by atoms with Crippen molar-refractivity contribution in [3.8, 4) is 0 Å². The molecule has 2 amide bonds. The zero-order chi connectivity index (χ0) is 14.7. The number of likely N-dealkylation sites (tertiary alicyclic amines) is 1. The molecule has 6 heteroatoms. The normalized spacial score (nSPS) is 29.8. The third kappa shape index (κ3) is 3.50. The molecule has 0 aromatic carbocycles. The second-order valence-electron chi connectivity index (χ2n) is 5.83. The number of likely N-dealkylation sites (N-methyl/N-ethyl adjacent to an activating group) is 1. The minimum absolute atomic E-state index is 0.0859. The summed E-state index contributed by atoms with van der Waals surface area (Å²) in [6.07, 6.45) is 6.01. The van der Waals surface area contributed by atoms with Gasteiger partial charge >= 0.3 is 12.0 Å². The summed E-state index contributed by atoms with van der Waals surface area (Å²) >= 11 is 0. The highest BCUT2D eigenvalue weighted by atomic mass is 16.4. The Morgan fingerprint density at radius 3 is 2.70 bits per heavy atom. The number of aliphatic carboxylic acids is 1. The van der Waals surface area contributed by atoms with E-state index in [0.717, 1.165) is 25.9 Å². The zero-order valence-corrected chi connectivity index (χ0v) is 12.1. The van der Waals surface area contributed by atoms with Crippen molar-refractivity contribution in [3.63, 3.8) is 0 Å². The number of piperidine rings is 1. The van der Waals surface area contributed by atoms with Crippen LogP contribution >= 0.6 is 0 Å². The summed E-state index contributed by atoms with van der Waals surface area (Å²) < 4.78 is 0. The van der Waals surface area contributed by atoms with Crippen molar-refractivity contribution in [2.75, 3.05) is 27.2 Å². The molecule has 0 aromatic rings. The number of carbonyl (C=O) groups excluding carboxylic acids is 1. The van der Waals surface area contributed by atoms with E-state index < -0.39 is 11.9 Å². The second-order valence-corrected chi connectivity index (χ2v) is 5.83. The molecule has 0 saturated carbocycles. The van der Waals surface area contributed by atoms with Crippen LogP contribution in [0.4, 0.5) is 4.79 Å². The Bertz CT molecular complexity index is 408. The fourth-order valence-electron chi connectivity index (χ4n) is 2.80. The molecular formula is C14H23N3O3. The van der Waals surface area contributed by atoms with E-state index in [0.29, 0.717) is 12.5 Å². The molecule has 1 saturated heterocycles. The number of carboxylic acid groups (broad SMARTS) is 1. The first-order valence-electron chi connectivity index (χ1n) is 7.10. The lowest BCUT2D eigenvalue weighted by molar-refractivity contribution is -0.140. The molecular weight excluding hydrogens is 258 g/mol. The number of amides is 2. The summed E-state index contributed by atoms with van der Waals surface area (Å²) in [6.45, 7) is 1.51. The summed E-state index contributed by atoms with van der Waals surface area (Å²) in [6, 6.07) is 0.154. The number of carbonyl (C=O) groups is 2. The van der Waals surface area contributed by atoms with Gasteiger partial charge in [-0.05, 0) is 33.4 Å². The van der Waals surface area contributed by atoms with Crippen LogP contribution in [-0.4, -0.2) is 66.2 Å². The molecule has 1 aliphatic heterocycles. The maximum Gasteiger partial charge on any atom is 0.317 e. The van der Waals surface area contributed by atoms with Crippen LogP contribution in [0.25, 0.3) is 0 Å². The van der Waals surface area contributed by atoms with Crippen LogP contribution in [0.3, 0.4) is 0 Å². The predicted molar refractivity (Wildman–Crippen MR) is 75.5 cm³/mol. The molecule has 2 aliphatic rings. The van der Waals surface area contributed by atoms with E-state index in [1.165, 1.54) is 0 Å². The lowest BCUT2D eigenvalue weighted by Gasteiger charge is -2.36. The maximum atomic E-state index is 12.2. The smallest absolute Gasteiger partial charge is 0.317 e. The summed E-state index contributed by atoms with van der Waals surface area (Å²) in [4.78, 5) is 27.1. The second kappa shape index (κ2) is 6.26. The number of hydrogen-bond donors (Lipinski definition) is 2. The van der Waals surface area contributed by atoms with Crippen LogP contribution in [0.2, 0.25) is 0 Å². The molecule has 2 N–H and O–H groups in total. The van der Waals surface area contributed by atoms with Crippen molar-refractivity contribution in [3.05, 3.63) is 12.2 Å². The number of hydrogen-bond acceptors (Lipinski definition) is 3. The summed E-state index contributed by atoms with van der Waals surface area (Å²) in [5.41, 5.74) is 0. The minimum Gasteiger partial charge on any atom is -0.481 e. The molecule has 6 nitrogen and oxygen atoms in total. The standard InChI is InChI=1S/C14H23N3O3/c1-16(2)12-4-3-7-17(9-12)14(20)15-11-6-5-10(8-11)13(18)19/h5-6,10-12H,3-4,7-9H2,1-2H3,(H,15,20)(H,18,19). The Labute approximate surface area is 119 Å². The Kier molecular flexibility index (Phi) is 4.65. The van der Waals surface area contributed by atoms with Gasteiger partial charge in [-0.3, -0.25) is 4.79 Å². The van der Waals surface area contributed by atoms with Crippen molar-refractivity contribution >= 4 is 12.0 Å². The van der Waals surface area contributed by atoms with Crippen LogP contribution in [-0.2, 0) is 4.79 Å². The Balaban J connectivity index is 1.83. The van der Waals surface area contributed by atoms with Crippen LogP contribution in [0.5, 0.6) is 0 Å². The average molecular weight is 281 g/mol. The summed E-state index contributed by atoms with van der Waals surface area (Å²) in [7, 11) is 4.06. The van der Waals surface area contributed by atoms with E-state index >= 15 is 0 Å². The van der Waals surface area contributed by atoms with Crippen molar-refractivity contribution < 1.29 is 14.7 Å². The Morgan fingerprint density at radius 2 is 2.10 bits per heavy atom. The molecule has 0 aromatic heterocycles. The van der Waals surface area contributed by atoms with Crippen LogP contribution in [0.1, 0.15) is 19.3 Å². The van der Waals surface area contributed by atoms with Gasteiger partial charge in [-0.25, -0.2) is 4.79 Å². The topological polar surface area (TPSA) is 72.9 Å². The lowest BCUT2D eigenvalue weighted by atomic mass is 10.1. The first-order valence-corrected chi connectivity index (χ1v) is 7.10. The predicted octanol–water partition coefficient (Wildman–Crippen LogP) is 0.751. The van der Waals surface area contributed by atoms with Gasteiger partial charge < -0.3 is 20.2 Å². The molecule has 0 radical (unpaired) electrons. The zero-order valence-electron chi connectivity index (χ0n) is 12.1. The van der Waals surface area contributed by atoms with Gasteiger partial charge in [0.1, 0.15) is 0 Å². The highest BCUT2D eigenvalue weighted by Gasteiger charge is 2.29. The van der Waals surface area contributed by atoms with Crippen LogP contribution < -0.4 is 5.32 Å². The van der Waals surface area contributed by atoms with Crippen molar-refractivity contribution in [1.29, 1.82) is 0 Å². The van der Waals surface area contributed by atoms with Gasteiger partial charge in [0.25, 0.3) is 0 Å². The average Bonchev–Trinajstić information content (AvgIpc) is 2.87. The van der Waals surface area contributed by atoms with Crippen LogP contribution in [0.15, 0.2) is 12.2 Å². The number of urea groups is 1. The van der Waals surface area contributed by atoms with E-state index in [1.54, 1.807) is 12.2 Å². The molecule has 20 heavy (non-hydrogen) atoms. The summed E-state index contributed by atoms with van der Waals surface area (Å²) in [5.74, 6) is -1.31. The minimum atomic E-state index is -0.830. The van der Waals surface area contributed by atoms with Crippen molar-refractivity contribution in [2.45, 2.75) is 31.3 Å². The molecule has 112 valence electrons. The lowest BCUT2D eigenvalue weighted by Crippen LogP contribution is -2.52. The van der Waals surface area contributed by atoms with Gasteiger partial charge in [-0.15, -0.1) is 0 Å². The molecule has 0 bridgehead atoms. The van der Waals surface area contributed by atoms with E-state index in [1.807, 2.05) is 19.0 Å². The highest BCUT2D eigenvalue weighted by molar-refractivity contribution is 5.76. The van der Waals surface area contributed by atoms with E-state index in [9.17, 15) is 9.59 Å². The van der Waals surface area contributed by atoms with Crippen molar-refractivity contribution in [2.24, 2.45) is 5.92 Å². The third-order valence-corrected chi connectivity index (χ3v) is 4.12.